The molecule has 0 aliphatic heterocycles. The number of aromatic nitrogens is 1. The maximum Gasteiger partial charge on any atom is 0.161 e. The van der Waals surface area contributed by atoms with Gasteiger partial charge in [0.05, 0.1) is 18.9 Å². The first-order chi connectivity index (χ1) is 13.8. The minimum atomic E-state index is 0.706. The summed E-state index contributed by atoms with van der Waals surface area (Å²) in [5.74, 6) is 1.65. The molecule has 0 saturated carbocycles. The largest absolute Gasteiger partial charge is 0.490 e. The zero-order valence-electron chi connectivity index (χ0n) is 16.9. The molecular formula is C25H29NO2. The smallest absolute Gasteiger partial charge is 0.161 e. The maximum absolute atomic E-state index is 6.05. The number of unbranched alkanes of at least 4 members (excludes halogenated alkanes) is 2. The minimum absolute atomic E-state index is 0.706. The lowest BCUT2D eigenvalue weighted by Crippen LogP contribution is -2.02. The molecule has 0 fully saturated rings. The van der Waals surface area contributed by atoms with Gasteiger partial charge in [0.2, 0.25) is 0 Å². The molecule has 3 aromatic rings. The lowest BCUT2D eigenvalue weighted by atomic mass is 10.0. The van der Waals surface area contributed by atoms with Crippen molar-refractivity contribution in [2.75, 3.05) is 13.2 Å². The molecule has 1 heterocycles. The van der Waals surface area contributed by atoms with E-state index in [9.17, 15) is 0 Å². The summed E-state index contributed by atoms with van der Waals surface area (Å²) in [7, 11) is 0. The molecule has 3 nitrogen and oxygen atoms in total. The molecule has 0 unspecified atom stereocenters. The van der Waals surface area contributed by atoms with Crippen molar-refractivity contribution in [3.8, 4) is 33.9 Å². The van der Waals surface area contributed by atoms with E-state index in [1.807, 2.05) is 30.5 Å². The highest BCUT2D eigenvalue weighted by molar-refractivity contribution is 5.73. The normalized spacial score (nSPS) is 10.6. The summed E-state index contributed by atoms with van der Waals surface area (Å²) < 4.78 is 12.0. The molecule has 3 rings (SSSR count). The Bertz CT molecular complexity index is 861. The third-order valence-corrected chi connectivity index (χ3v) is 4.61. The van der Waals surface area contributed by atoms with Crippen molar-refractivity contribution in [3.05, 3.63) is 66.9 Å². The summed E-state index contributed by atoms with van der Waals surface area (Å²) in [6, 6.07) is 20.7. The van der Waals surface area contributed by atoms with E-state index in [0.717, 1.165) is 66.2 Å². The molecule has 0 aliphatic carbocycles. The van der Waals surface area contributed by atoms with Crippen molar-refractivity contribution in [1.29, 1.82) is 0 Å². The molecule has 0 N–H and O–H groups in total. The number of ether oxygens (including phenoxy) is 2. The first kappa shape index (κ1) is 19.9. The highest BCUT2D eigenvalue weighted by atomic mass is 16.5. The van der Waals surface area contributed by atoms with Crippen LogP contribution in [0, 0.1) is 0 Å². The first-order valence-electron chi connectivity index (χ1n) is 10.2. The predicted molar refractivity (Wildman–Crippen MR) is 116 cm³/mol. The Morgan fingerprint density at radius 3 is 2.11 bits per heavy atom. The van der Waals surface area contributed by atoms with E-state index in [4.69, 9.17) is 9.47 Å². The van der Waals surface area contributed by atoms with Gasteiger partial charge in [0, 0.05) is 11.8 Å². The Morgan fingerprint density at radius 1 is 0.679 bits per heavy atom. The van der Waals surface area contributed by atoms with Crippen LogP contribution < -0.4 is 9.47 Å². The van der Waals surface area contributed by atoms with Gasteiger partial charge in [0.1, 0.15) is 0 Å². The van der Waals surface area contributed by atoms with E-state index >= 15 is 0 Å². The summed E-state index contributed by atoms with van der Waals surface area (Å²) in [4.78, 5) is 4.46. The van der Waals surface area contributed by atoms with E-state index < -0.39 is 0 Å². The van der Waals surface area contributed by atoms with Gasteiger partial charge < -0.3 is 9.47 Å². The SMILES string of the molecule is CCCCOc1ccc(-c2cccc(-c3ccccn3)c2)cc1OCCCC. The Labute approximate surface area is 168 Å². The van der Waals surface area contributed by atoms with Crippen LogP contribution in [0.4, 0.5) is 0 Å². The Hall–Kier alpha value is -2.81. The Morgan fingerprint density at radius 2 is 1.39 bits per heavy atom. The molecule has 1 aromatic heterocycles. The minimum Gasteiger partial charge on any atom is -0.490 e. The van der Waals surface area contributed by atoms with Gasteiger partial charge >= 0.3 is 0 Å². The van der Waals surface area contributed by atoms with Crippen LogP contribution in [0.5, 0.6) is 11.5 Å². The van der Waals surface area contributed by atoms with E-state index in [1.54, 1.807) is 0 Å². The van der Waals surface area contributed by atoms with E-state index in [-0.39, 0.29) is 0 Å². The fraction of sp³-hybridized carbons (Fsp3) is 0.320. The number of benzene rings is 2. The van der Waals surface area contributed by atoms with Crippen LogP contribution in [-0.2, 0) is 0 Å². The summed E-state index contributed by atoms with van der Waals surface area (Å²) in [6.45, 7) is 5.76. The third kappa shape index (κ3) is 5.35. The van der Waals surface area contributed by atoms with Crippen LogP contribution in [0.15, 0.2) is 66.9 Å². The standard InChI is InChI=1S/C25H29NO2/c1-3-5-16-27-24-14-13-21(19-25(24)28-17-6-4-2)20-10-9-11-22(18-20)23-12-7-8-15-26-23/h7-15,18-19H,3-6,16-17H2,1-2H3. The Kier molecular flexibility index (Phi) is 7.48. The lowest BCUT2D eigenvalue weighted by Gasteiger charge is -2.14. The molecule has 0 amide bonds. The van der Waals surface area contributed by atoms with E-state index in [2.05, 4.69) is 55.2 Å². The van der Waals surface area contributed by atoms with Crippen molar-refractivity contribution in [2.45, 2.75) is 39.5 Å². The second kappa shape index (κ2) is 10.5. The average molecular weight is 376 g/mol. The molecule has 0 radical (unpaired) electrons. The lowest BCUT2D eigenvalue weighted by molar-refractivity contribution is 0.262. The van der Waals surface area contributed by atoms with Crippen molar-refractivity contribution in [3.63, 3.8) is 0 Å². The second-order valence-electron chi connectivity index (χ2n) is 6.86. The van der Waals surface area contributed by atoms with Gasteiger partial charge in [-0.25, -0.2) is 0 Å². The second-order valence-corrected chi connectivity index (χ2v) is 6.86. The van der Waals surface area contributed by atoms with Gasteiger partial charge in [-0.2, -0.15) is 0 Å². The maximum atomic E-state index is 6.05. The van der Waals surface area contributed by atoms with Crippen LogP contribution in [-0.4, -0.2) is 18.2 Å². The van der Waals surface area contributed by atoms with Crippen LogP contribution in [0.3, 0.4) is 0 Å². The van der Waals surface area contributed by atoms with Crippen LogP contribution in [0.2, 0.25) is 0 Å². The van der Waals surface area contributed by atoms with Crippen LogP contribution in [0.1, 0.15) is 39.5 Å². The van der Waals surface area contributed by atoms with Gasteiger partial charge in [-0.1, -0.05) is 57.0 Å². The first-order valence-corrected chi connectivity index (χ1v) is 10.2. The van der Waals surface area contributed by atoms with Crippen molar-refractivity contribution >= 4 is 0 Å². The quantitative estimate of drug-likeness (QED) is 0.366. The fourth-order valence-electron chi connectivity index (χ4n) is 2.96. The van der Waals surface area contributed by atoms with Gasteiger partial charge in [0.15, 0.2) is 11.5 Å². The van der Waals surface area contributed by atoms with Crippen molar-refractivity contribution in [1.82, 2.24) is 4.98 Å². The molecule has 0 spiro atoms. The summed E-state index contributed by atoms with van der Waals surface area (Å²) in [5, 5.41) is 0. The fourth-order valence-corrected chi connectivity index (χ4v) is 2.96. The van der Waals surface area contributed by atoms with E-state index in [1.165, 1.54) is 0 Å². The molecule has 146 valence electrons. The summed E-state index contributed by atoms with van der Waals surface area (Å²) in [5.41, 5.74) is 4.34. The van der Waals surface area contributed by atoms with E-state index in [0.29, 0.717) is 6.61 Å². The molecule has 0 saturated heterocycles. The molecule has 0 aliphatic rings. The Balaban J connectivity index is 1.87. The molecular weight excluding hydrogens is 346 g/mol. The zero-order chi connectivity index (χ0) is 19.6. The number of rotatable bonds is 10. The number of hydrogen-bond donors (Lipinski definition) is 0. The number of nitrogens with zero attached hydrogens (tertiary/aromatic N) is 1. The monoisotopic (exact) mass is 375 g/mol. The average Bonchev–Trinajstić information content (AvgIpc) is 2.75. The van der Waals surface area contributed by atoms with Gasteiger partial charge in [-0.15, -0.1) is 0 Å². The van der Waals surface area contributed by atoms with Crippen molar-refractivity contribution in [2.24, 2.45) is 0 Å². The molecule has 0 bridgehead atoms. The molecule has 2 aromatic carbocycles. The predicted octanol–water partition coefficient (Wildman–Crippen LogP) is 6.77. The molecule has 3 heteroatoms. The molecule has 28 heavy (non-hydrogen) atoms. The van der Waals surface area contributed by atoms with Crippen LogP contribution >= 0.6 is 0 Å². The summed E-state index contributed by atoms with van der Waals surface area (Å²) in [6.07, 6.45) is 6.13. The highest BCUT2D eigenvalue weighted by Crippen LogP contribution is 2.34. The highest BCUT2D eigenvalue weighted by Gasteiger charge is 2.09. The third-order valence-electron chi connectivity index (χ3n) is 4.61. The van der Waals surface area contributed by atoms with Crippen molar-refractivity contribution < 1.29 is 9.47 Å². The zero-order valence-corrected chi connectivity index (χ0v) is 16.9. The van der Waals surface area contributed by atoms with Gasteiger partial charge in [0.25, 0.3) is 0 Å². The number of pyridine rings is 1. The molecule has 0 atom stereocenters. The van der Waals surface area contributed by atoms with Gasteiger partial charge in [-0.05, 0) is 54.3 Å². The summed E-state index contributed by atoms with van der Waals surface area (Å²) >= 11 is 0. The number of hydrogen-bond acceptors (Lipinski definition) is 3. The van der Waals surface area contributed by atoms with Crippen LogP contribution in [0.25, 0.3) is 22.4 Å². The van der Waals surface area contributed by atoms with Gasteiger partial charge in [-0.3, -0.25) is 4.98 Å². The topological polar surface area (TPSA) is 31.4 Å².